The van der Waals surface area contributed by atoms with E-state index in [2.05, 4.69) is 10.6 Å². The lowest BCUT2D eigenvalue weighted by Gasteiger charge is -2.39. The first-order valence-corrected chi connectivity index (χ1v) is 22.3. The Bertz CT molecular complexity index is 1380. The number of nitrogens with zero attached hydrogens (tertiary/aromatic N) is 3. The Kier molecular flexibility index (Phi) is 30.2. The number of likely N-dealkylation sites (tertiary alicyclic amines) is 1. The maximum atomic E-state index is 13.9. The molecule has 1 rings (SSSR count). The Balaban J connectivity index is 2.57. The topological polar surface area (TPSA) is 256 Å². The molecule has 0 aromatic heterocycles. The fourth-order valence-electron chi connectivity index (χ4n) is 7.22. The Hall–Kier alpha value is -3.54. The zero-order valence-electron chi connectivity index (χ0n) is 39.9. The second kappa shape index (κ2) is 33.0. The summed E-state index contributed by atoms with van der Waals surface area (Å²) in [5, 5.41) is 14.1. The number of hydrogen-bond donors (Lipinski definition) is 4. The first-order valence-electron chi connectivity index (χ1n) is 22.3. The van der Waals surface area contributed by atoms with Crippen molar-refractivity contribution in [3.05, 3.63) is 0 Å². The van der Waals surface area contributed by atoms with Crippen LogP contribution in [0.2, 0.25) is 0 Å². The van der Waals surface area contributed by atoms with Gasteiger partial charge in [-0.2, -0.15) is 0 Å². The summed E-state index contributed by atoms with van der Waals surface area (Å²) < 4.78 is 44.2. The van der Waals surface area contributed by atoms with E-state index in [1.807, 2.05) is 13.8 Å². The van der Waals surface area contributed by atoms with Crippen molar-refractivity contribution in [3.63, 3.8) is 0 Å². The van der Waals surface area contributed by atoms with E-state index in [1.54, 1.807) is 32.7 Å². The number of aliphatic carboxylic acids is 1. The average molecular weight is 921 g/mol. The summed E-state index contributed by atoms with van der Waals surface area (Å²) in [5.74, 6) is -3.98. The normalized spacial score (nSPS) is 16.4. The van der Waals surface area contributed by atoms with Gasteiger partial charge < -0.3 is 74.1 Å². The predicted octanol–water partition coefficient (Wildman–Crippen LogP) is -0.0909. The number of rotatable bonds is 37. The second-order valence-corrected chi connectivity index (χ2v) is 16.2. The molecule has 21 heteroatoms. The second-order valence-electron chi connectivity index (χ2n) is 16.2. The number of nitrogens with one attached hydrogen (secondary N) is 2. The van der Waals surface area contributed by atoms with E-state index in [1.165, 1.54) is 31.1 Å². The molecule has 21 nitrogen and oxygen atoms in total. The Labute approximate surface area is 379 Å². The standard InChI is InChI=1S/C43H80N6O15/c1-10-31(2)39(34(57-8)28-36(51)49-15-11-12-33(49)40(58-9)32(3)41(55)45-30-38(53)54)47(6)37(52)29-46-42(56)43(4,5)48(7)35(50)13-16-59-18-20-61-22-24-63-26-27-64-25-23-62-21-19-60-17-14-44/h31-34,39-40H,10-30,44H2,1-9H3,(H,45,55)(H,46,56)(H,53,54). The minimum atomic E-state index is -1.30. The molecule has 1 aliphatic heterocycles. The highest BCUT2D eigenvalue weighted by atomic mass is 16.6. The zero-order valence-corrected chi connectivity index (χ0v) is 39.9. The average Bonchev–Trinajstić information content (AvgIpc) is 3.77. The van der Waals surface area contributed by atoms with Crippen LogP contribution < -0.4 is 16.4 Å². The highest BCUT2D eigenvalue weighted by molar-refractivity contribution is 5.93. The van der Waals surface area contributed by atoms with Crippen LogP contribution in [-0.4, -0.2) is 219 Å². The molecule has 1 aliphatic rings. The fourth-order valence-corrected chi connectivity index (χ4v) is 7.22. The van der Waals surface area contributed by atoms with Gasteiger partial charge in [-0.25, -0.2) is 0 Å². The van der Waals surface area contributed by atoms with Crippen LogP contribution in [0.1, 0.15) is 66.7 Å². The zero-order chi connectivity index (χ0) is 48.1. The SMILES string of the molecule is CCC(C)C(C(CC(=O)N1CCCC1C(OC)C(C)C(=O)NCC(=O)O)OC)N(C)C(=O)CNC(=O)C(C)(C)N(C)C(=O)CCOCCOCCOCCOCCOCCOCCN. The summed E-state index contributed by atoms with van der Waals surface area (Å²) in [7, 11) is 6.07. The van der Waals surface area contributed by atoms with Crippen LogP contribution in [0.5, 0.6) is 0 Å². The Morgan fingerprint density at radius 1 is 0.766 bits per heavy atom. The Morgan fingerprint density at radius 2 is 1.28 bits per heavy atom. The summed E-state index contributed by atoms with van der Waals surface area (Å²) in [6.07, 6.45) is 0.527. The van der Waals surface area contributed by atoms with Crippen molar-refractivity contribution >= 4 is 35.5 Å². The van der Waals surface area contributed by atoms with Gasteiger partial charge in [0.2, 0.25) is 29.5 Å². The van der Waals surface area contributed by atoms with E-state index in [-0.39, 0.29) is 50.3 Å². The number of carboxylic acids is 1. The summed E-state index contributed by atoms with van der Waals surface area (Å²) in [5.41, 5.74) is 4.05. The highest BCUT2D eigenvalue weighted by Gasteiger charge is 2.42. The van der Waals surface area contributed by atoms with Gasteiger partial charge >= 0.3 is 5.97 Å². The van der Waals surface area contributed by atoms with E-state index >= 15 is 0 Å². The lowest BCUT2D eigenvalue weighted by atomic mass is 9.90. The quantitative estimate of drug-likeness (QED) is 0.0594. The molecule has 0 aliphatic carbocycles. The van der Waals surface area contributed by atoms with E-state index in [9.17, 15) is 28.8 Å². The number of amides is 5. The summed E-state index contributed by atoms with van der Waals surface area (Å²) in [6, 6.07) is -0.970. The van der Waals surface area contributed by atoms with E-state index in [0.29, 0.717) is 98.4 Å². The van der Waals surface area contributed by atoms with E-state index in [0.717, 1.165) is 0 Å². The van der Waals surface area contributed by atoms with Crippen molar-refractivity contribution in [2.24, 2.45) is 17.6 Å². The summed E-state index contributed by atoms with van der Waals surface area (Å²) in [4.78, 5) is 82.2. The predicted molar refractivity (Wildman–Crippen MR) is 235 cm³/mol. The molecule has 6 atom stereocenters. The van der Waals surface area contributed by atoms with Gasteiger partial charge in [-0.3, -0.25) is 28.8 Å². The lowest BCUT2D eigenvalue weighted by Crippen LogP contribution is -2.58. The largest absolute Gasteiger partial charge is 0.480 e. The molecular formula is C43H80N6O15. The van der Waals surface area contributed by atoms with Crippen LogP contribution in [0, 0.1) is 11.8 Å². The molecule has 0 saturated carbocycles. The molecule has 0 spiro atoms. The molecule has 0 aromatic carbocycles. The van der Waals surface area contributed by atoms with Crippen molar-refractivity contribution in [3.8, 4) is 0 Å². The van der Waals surface area contributed by atoms with Crippen LogP contribution in [0.3, 0.4) is 0 Å². The molecule has 1 heterocycles. The third-order valence-electron chi connectivity index (χ3n) is 11.5. The maximum absolute atomic E-state index is 13.9. The minimum absolute atomic E-state index is 0.0320. The molecular weight excluding hydrogens is 840 g/mol. The molecule has 0 bridgehead atoms. The summed E-state index contributed by atoms with van der Waals surface area (Å²) in [6.45, 7) is 13.6. The van der Waals surface area contributed by atoms with Gasteiger partial charge in [-0.05, 0) is 32.6 Å². The number of nitrogens with two attached hydrogens (primary N) is 1. The van der Waals surface area contributed by atoms with E-state index in [4.69, 9.17) is 48.7 Å². The number of ether oxygens (including phenoxy) is 8. The van der Waals surface area contributed by atoms with Crippen molar-refractivity contribution in [2.45, 2.75) is 96.6 Å². The smallest absolute Gasteiger partial charge is 0.322 e. The van der Waals surface area contributed by atoms with Crippen molar-refractivity contribution in [1.82, 2.24) is 25.3 Å². The number of methoxy groups -OCH3 is 2. The molecule has 372 valence electrons. The molecule has 1 fully saturated rings. The van der Waals surface area contributed by atoms with Gasteiger partial charge in [0.1, 0.15) is 12.1 Å². The van der Waals surface area contributed by atoms with Crippen LogP contribution >= 0.6 is 0 Å². The molecule has 0 radical (unpaired) electrons. The van der Waals surface area contributed by atoms with Gasteiger partial charge in [0.25, 0.3) is 0 Å². The third kappa shape index (κ3) is 21.2. The molecule has 0 aromatic rings. The highest BCUT2D eigenvalue weighted by Crippen LogP contribution is 2.29. The lowest BCUT2D eigenvalue weighted by molar-refractivity contribution is -0.147. The first-order chi connectivity index (χ1) is 30.5. The van der Waals surface area contributed by atoms with Crippen molar-refractivity contribution in [1.29, 1.82) is 0 Å². The van der Waals surface area contributed by atoms with E-state index < -0.39 is 66.0 Å². The Morgan fingerprint density at radius 3 is 1.75 bits per heavy atom. The fraction of sp³-hybridized carbons (Fsp3) is 0.860. The number of hydrogen-bond acceptors (Lipinski definition) is 15. The van der Waals surface area contributed by atoms with Gasteiger partial charge in [-0.1, -0.05) is 27.2 Å². The molecule has 6 unspecified atom stereocenters. The van der Waals surface area contributed by atoms with Crippen LogP contribution in [-0.2, 0) is 66.7 Å². The van der Waals surface area contributed by atoms with Crippen LogP contribution in [0.4, 0.5) is 0 Å². The number of carbonyl (C=O) groups is 6. The van der Waals surface area contributed by atoms with Crippen LogP contribution in [0.25, 0.3) is 0 Å². The van der Waals surface area contributed by atoms with Crippen LogP contribution in [0.15, 0.2) is 0 Å². The molecule has 5 N–H and O–H groups in total. The monoisotopic (exact) mass is 921 g/mol. The van der Waals surface area contributed by atoms with Gasteiger partial charge in [0, 0.05) is 41.4 Å². The molecule has 5 amide bonds. The third-order valence-corrected chi connectivity index (χ3v) is 11.5. The minimum Gasteiger partial charge on any atom is -0.480 e. The van der Waals surface area contributed by atoms with Gasteiger partial charge in [-0.15, -0.1) is 0 Å². The number of likely N-dealkylation sites (N-methyl/N-ethyl adjacent to an activating group) is 2. The van der Waals surface area contributed by atoms with Gasteiger partial charge in [0.15, 0.2) is 0 Å². The summed E-state index contributed by atoms with van der Waals surface area (Å²) >= 11 is 0. The molecule has 1 saturated heterocycles. The maximum Gasteiger partial charge on any atom is 0.322 e. The number of carboxylic acid groups (broad SMARTS) is 1. The van der Waals surface area contributed by atoms with Crippen molar-refractivity contribution < 1.29 is 71.8 Å². The van der Waals surface area contributed by atoms with Crippen molar-refractivity contribution in [2.75, 3.05) is 134 Å². The molecule has 64 heavy (non-hydrogen) atoms. The first kappa shape index (κ1) is 58.5. The van der Waals surface area contributed by atoms with Gasteiger partial charge in [0.05, 0.1) is 129 Å². The number of carbonyl (C=O) groups excluding carboxylic acids is 5.